The summed E-state index contributed by atoms with van der Waals surface area (Å²) in [5.74, 6) is 0. The van der Waals surface area contributed by atoms with Crippen LogP contribution in [-0.2, 0) is 4.74 Å². The standard InChI is InChI=1S/C5H9NO/c1-2-4-7-5-6-3-1/h2,4,6H,1,3,5H2/i5D. The van der Waals surface area contributed by atoms with E-state index in [1.807, 2.05) is 6.08 Å². The van der Waals surface area contributed by atoms with Crippen LogP contribution in [0.1, 0.15) is 7.79 Å². The van der Waals surface area contributed by atoms with E-state index < -0.39 is 6.71 Å². The highest BCUT2D eigenvalue weighted by Gasteiger charge is 1.85. The quantitative estimate of drug-likeness (QED) is 0.477. The third-order valence-electron chi connectivity index (χ3n) is 0.782. The molecule has 0 aromatic carbocycles. The molecule has 0 radical (unpaired) electrons. The molecule has 1 rings (SSSR count). The Morgan fingerprint density at radius 2 is 2.86 bits per heavy atom. The Hall–Kier alpha value is -0.500. The van der Waals surface area contributed by atoms with Gasteiger partial charge < -0.3 is 4.74 Å². The summed E-state index contributed by atoms with van der Waals surface area (Å²) in [6, 6.07) is 0. The number of rotatable bonds is 0. The lowest BCUT2D eigenvalue weighted by atomic mass is 10.4. The minimum Gasteiger partial charge on any atom is -0.486 e. The number of ether oxygens (including phenoxy) is 1. The van der Waals surface area contributed by atoms with Crippen LogP contribution in [0.5, 0.6) is 0 Å². The van der Waals surface area contributed by atoms with Crippen LogP contribution in [0.3, 0.4) is 0 Å². The van der Waals surface area contributed by atoms with E-state index in [9.17, 15) is 0 Å². The van der Waals surface area contributed by atoms with Crippen molar-refractivity contribution in [3.63, 3.8) is 0 Å². The highest BCUT2D eigenvalue weighted by atomic mass is 16.5. The van der Waals surface area contributed by atoms with E-state index in [2.05, 4.69) is 5.32 Å². The summed E-state index contributed by atoms with van der Waals surface area (Å²) in [7, 11) is 0. The van der Waals surface area contributed by atoms with E-state index in [0.717, 1.165) is 13.0 Å². The minimum absolute atomic E-state index is 0.561. The first-order chi connectivity index (χ1) is 3.89. The molecule has 1 aliphatic heterocycles. The Morgan fingerprint density at radius 1 is 1.86 bits per heavy atom. The van der Waals surface area contributed by atoms with Crippen molar-refractivity contribution < 1.29 is 6.11 Å². The van der Waals surface area contributed by atoms with Gasteiger partial charge in [0.2, 0.25) is 0 Å². The summed E-state index contributed by atoms with van der Waals surface area (Å²) >= 11 is 0. The maximum atomic E-state index is 7.03. The summed E-state index contributed by atoms with van der Waals surface area (Å²) in [6.45, 7) is 0.277. The van der Waals surface area contributed by atoms with Gasteiger partial charge in [-0.2, -0.15) is 0 Å². The molecule has 0 aromatic heterocycles. The SMILES string of the molecule is [2H]C1NCCC=CO1. The van der Waals surface area contributed by atoms with E-state index in [1.54, 1.807) is 6.26 Å². The van der Waals surface area contributed by atoms with Crippen LogP contribution < -0.4 is 5.32 Å². The molecule has 40 valence electrons. The second-order valence-corrected chi connectivity index (χ2v) is 1.37. The lowest BCUT2D eigenvalue weighted by Crippen LogP contribution is -2.14. The molecule has 0 aromatic rings. The van der Waals surface area contributed by atoms with Crippen LogP contribution in [0.2, 0.25) is 0 Å². The fourth-order valence-corrected chi connectivity index (χ4v) is 0.437. The molecule has 1 heterocycles. The predicted molar refractivity (Wildman–Crippen MR) is 27.7 cm³/mol. The third-order valence-corrected chi connectivity index (χ3v) is 0.782. The van der Waals surface area contributed by atoms with Crippen LogP contribution >= 0.6 is 0 Å². The zero-order valence-electron chi connectivity index (χ0n) is 5.05. The van der Waals surface area contributed by atoms with Crippen molar-refractivity contribution in [3.8, 4) is 0 Å². The van der Waals surface area contributed by atoms with Crippen LogP contribution in [0.15, 0.2) is 12.3 Å². The van der Waals surface area contributed by atoms with E-state index in [-0.39, 0.29) is 0 Å². The molecule has 0 bridgehead atoms. The average molecular weight is 100 g/mol. The van der Waals surface area contributed by atoms with Crippen molar-refractivity contribution in [2.75, 3.05) is 13.3 Å². The van der Waals surface area contributed by atoms with Gasteiger partial charge in [-0.25, -0.2) is 0 Å². The summed E-state index contributed by atoms with van der Waals surface area (Å²) in [5.41, 5.74) is 0. The van der Waals surface area contributed by atoms with Gasteiger partial charge >= 0.3 is 0 Å². The first-order valence-corrected chi connectivity index (χ1v) is 2.36. The van der Waals surface area contributed by atoms with Gasteiger partial charge in [0, 0.05) is 6.54 Å². The van der Waals surface area contributed by atoms with Crippen molar-refractivity contribution in [1.29, 1.82) is 0 Å². The fourth-order valence-electron chi connectivity index (χ4n) is 0.437. The van der Waals surface area contributed by atoms with E-state index >= 15 is 0 Å². The van der Waals surface area contributed by atoms with Gasteiger partial charge in [0.15, 0.2) is 0 Å². The Labute approximate surface area is 44.6 Å². The van der Waals surface area contributed by atoms with Gasteiger partial charge in [-0.1, -0.05) is 0 Å². The van der Waals surface area contributed by atoms with Crippen LogP contribution in [-0.4, -0.2) is 13.3 Å². The molecule has 1 aliphatic rings. The Bertz CT molecular complexity index is 94.4. The number of nitrogens with one attached hydrogen (secondary N) is 1. The summed E-state index contributed by atoms with van der Waals surface area (Å²) in [6.07, 6.45) is 4.43. The Kier molecular flexibility index (Phi) is 1.32. The van der Waals surface area contributed by atoms with E-state index in [0.29, 0.717) is 0 Å². The summed E-state index contributed by atoms with van der Waals surface area (Å²) < 4.78 is 11.8. The Morgan fingerprint density at radius 3 is 3.86 bits per heavy atom. The maximum absolute atomic E-state index is 7.03. The summed E-state index contributed by atoms with van der Waals surface area (Å²) in [5, 5.41) is 2.83. The van der Waals surface area contributed by atoms with Gasteiger partial charge in [-0.05, 0) is 12.5 Å². The zero-order valence-corrected chi connectivity index (χ0v) is 4.05. The first kappa shape index (κ1) is 3.50. The van der Waals surface area contributed by atoms with Crippen molar-refractivity contribution in [1.82, 2.24) is 5.32 Å². The normalized spacial score (nSPS) is 33.1. The molecule has 1 atom stereocenters. The summed E-state index contributed by atoms with van der Waals surface area (Å²) in [4.78, 5) is 0. The topological polar surface area (TPSA) is 21.3 Å². The van der Waals surface area contributed by atoms with Crippen LogP contribution in [0.4, 0.5) is 0 Å². The molecule has 1 unspecified atom stereocenters. The molecule has 2 nitrogen and oxygen atoms in total. The van der Waals surface area contributed by atoms with Gasteiger partial charge in [0.25, 0.3) is 0 Å². The lowest BCUT2D eigenvalue weighted by molar-refractivity contribution is 0.230. The first-order valence-electron chi connectivity index (χ1n) is 2.93. The van der Waals surface area contributed by atoms with Gasteiger partial charge in [0.05, 0.1) is 7.63 Å². The molecule has 0 aliphatic carbocycles. The van der Waals surface area contributed by atoms with Crippen molar-refractivity contribution in [2.24, 2.45) is 0 Å². The third kappa shape index (κ3) is 1.59. The molecule has 2 heteroatoms. The molecule has 0 fully saturated rings. The maximum Gasteiger partial charge on any atom is 0.138 e. The van der Waals surface area contributed by atoms with Crippen molar-refractivity contribution in [3.05, 3.63) is 12.3 Å². The van der Waals surface area contributed by atoms with E-state index in [4.69, 9.17) is 6.11 Å². The monoisotopic (exact) mass is 100 g/mol. The fraction of sp³-hybridized carbons (Fsp3) is 0.600. The van der Waals surface area contributed by atoms with Gasteiger partial charge in [-0.3, -0.25) is 5.32 Å². The molecule has 0 spiro atoms. The Balaban J connectivity index is 2.30. The van der Waals surface area contributed by atoms with Crippen molar-refractivity contribution in [2.45, 2.75) is 6.42 Å². The highest BCUT2D eigenvalue weighted by molar-refractivity contribution is 4.75. The number of hydrogen-bond acceptors (Lipinski definition) is 2. The average Bonchev–Trinajstić information content (AvgIpc) is 1.94. The van der Waals surface area contributed by atoms with Gasteiger partial charge in [0.1, 0.15) is 6.71 Å². The van der Waals surface area contributed by atoms with Crippen LogP contribution in [0, 0.1) is 0 Å². The lowest BCUT2D eigenvalue weighted by Gasteiger charge is -1.94. The smallest absolute Gasteiger partial charge is 0.138 e. The van der Waals surface area contributed by atoms with Crippen LogP contribution in [0.25, 0.3) is 0 Å². The van der Waals surface area contributed by atoms with Crippen molar-refractivity contribution >= 4 is 0 Å². The molecule has 0 amide bonds. The second-order valence-electron chi connectivity index (χ2n) is 1.37. The molecule has 0 saturated heterocycles. The molecular formula is C5H9NO. The second kappa shape index (κ2) is 2.64. The van der Waals surface area contributed by atoms with E-state index in [1.165, 1.54) is 0 Å². The molecule has 7 heavy (non-hydrogen) atoms. The predicted octanol–water partition coefficient (Wildman–Crippen LogP) is 0.467. The number of hydrogen-bond donors (Lipinski definition) is 1. The zero-order chi connectivity index (χ0) is 5.82. The molecule has 0 saturated carbocycles. The minimum atomic E-state index is -0.561. The van der Waals surface area contributed by atoms with Gasteiger partial charge in [-0.15, -0.1) is 0 Å². The largest absolute Gasteiger partial charge is 0.486 e. The highest BCUT2D eigenvalue weighted by Crippen LogP contribution is 1.85. The molecular weight excluding hydrogens is 90.1 g/mol. The molecule has 1 N–H and O–H groups in total.